The molecule has 5 heteroatoms. The maximum absolute atomic E-state index is 9.15. The van der Waals surface area contributed by atoms with E-state index in [2.05, 4.69) is 15.7 Å². The Morgan fingerprint density at radius 3 is 2.60 bits per heavy atom. The predicted octanol–water partition coefficient (Wildman–Crippen LogP) is 0.796. The van der Waals surface area contributed by atoms with Gasteiger partial charge in [-0.05, 0) is 18.1 Å². The van der Waals surface area contributed by atoms with E-state index in [4.69, 9.17) is 10.9 Å². The average molecular weight is 210 g/mol. The molecule has 0 fully saturated rings. The standard InChI is InChI=1S/C10H18N4O/c1-7(2)8(6-15)12-9-4-3-5-10(13-9)14-11/h3-5,7-8,15H,6,11H2,1-2H3,(H2,12,13,14)/t8-/m1/s1. The van der Waals surface area contributed by atoms with Gasteiger partial charge in [-0.1, -0.05) is 19.9 Å². The van der Waals surface area contributed by atoms with Crippen LogP contribution in [0.3, 0.4) is 0 Å². The monoisotopic (exact) mass is 210 g/mol. The molecular weight excluding hydrogens is 192 g/mol. The molecule has 0 aliphatic heterocycles. The summed E-state index contributed by atoms with van der Waals surface area (Å²) in [5.74, 6) is 6.90. The van der Waals surface area contributed by atoms with Gasteiger partial charge in [0, 0.05) is 0 Å². The molecule has 5 N–H and O–H groups in total. The van der Waals surface area contributed by atoms with Crippen molar-refractivity contribution in [3.8, 4) is 0 Å². The lowest BCUT2D eigenvalue weighted by molar-refractivity contribution is 0.249. The fraction of sp³-hybridized carbons (Fsp3) is 0.500. The number of pyridine rings is 1. The van der Waals surface area contributed by atoms with Crippen LogP contribution in [-0.4, -0.2) is 22.7 Å². The Bertz CT molecular complexity index is 303. The van der Waals surface area contributed by atoms with E-state index in [0.29, 0.717) is 17.6 Å². The van der Waals surface area contributed by atoms with Crippen LogP contribution < -0.4 is 16.6 Å². The molecule has 1 rings (SSSR count). The Kier molecular flexibility index (Phi) is 4.33. The van der Waals surface area contributed by atoms with Crippen molar-refractivity contribution in [3.05, 3.63) is 18.2 Å². The third-order valence-corrected chi connectivity index (χ3v) is 2.23. The summed E-state index contributed by atoms with van der Waals surface area (Å²) in [6.45, 7) is 4.16. The number of hydrogen-bond acceptors (Lipinski definition) is 5. The summed E-state index contributed by atoms with van der Waals surface area (Å²) >= 11 is 0. The van der Waals surface area contributed by atoms with Gasteiger partial charge < -0.3 is 15.8 Å². The van der Waals surface area contributed by atoms with Crippen molar-refractivity contribution in [2.45, 2.75) is 19.9 Å². The summed E-state index contributed by atoms with van der Waals surface area (Å²) in [7, 11) is 0. The fourth-order valence-corrected chi connectivity index (χ4v) is 1.21. The Balaban J connectivity index is 2.70. The van der Waals surface area contributed by atoms with Crippen molar-refractivity contribution < 1.29 is 5.11 Å². The van der Waals surface area contributed by atoms with E-state index in [1.807, 2.05) is 26.0 Å². The van der Waals surface area contributed by atoms with Crippen molar-refractivity contribution in [2.24, 2.45) is 11.8 Å². The van der Waals surface area contributed by atoms with Gasteiger partial charge >= 0.3 is 0 Å². The maximum Gasteiger partial charge on any atom is 0.142 e. The number of hydrazine groups is 1. The SMILES string of the molecule is CC(C)[C@@H](CO)Nc1cccc(NN)n1. The van der Waals surface area contributed by atoms with Gasteiger partial charge in [0.1, 0.15) is 11.6 Å². The van der Waals surface area contributed by atoms with Crippen LogP contribution in [-0.2, 0) is 0 Å². The molecule has 0 aromatic carbocycles. The Morgan fingerprint density at radius 1 is 1.40 bits per heavy atom. The first-order valence-corrected chi connectivity index (χ1v) is 4.98. The van der Waals surface area contributed by atoms with Crippen LogP contribution in [0.15, 0.2) is 18.2 Å². The second-order valence-electron chi connectivity index (χ2n) is 3.73. The summed E-state index contributed by atoms with van der Waals surface area (Å²) in [5.41, 5.74) is 2.47. The first-order chi connectivity index (χ1) is 7.17. The summed E-state index contributed by atoms with van der Waals surface area (Å²) in [6.07, 6.45) is 0. The zero-order chi connectivity index (χ0) is 11.3. The molecule has 1 atom stereocenters. The molecular formula is C10H18N4O. The fourth-order valence-electron chi connectivity index (χ4n) is 1.21. The van der Waals surface area contributed by atoms with Gasteiger partial charge in [0.15, 0.2) is 0 Å². The highest BCUT2D eigenvalue weighted by Crippen LogP contribution is 2.12. The zero-order valence-corrected chi connectivity index (χ0v) is 9.07. The van der Waals surface area contributed by atoms with Crippen LogP contribution in [0.5, 0.6) is 0 Å². The number of nitrogen functional groups attached to an aromatic ring is 1. The lowest BCUT2D eigenvalue weighted by Gasteiger charge is -2.20. The normalized spacial score (nSPS) is 12.6. The van der Waals surface area contributed by atoms with E-state index < -0.39 is 0 Å². The summed E-state index contributed by atoms with van der Waals surface area (Å²) in [4.78, 5) is 4.20. The molecule has 0 spiro atoms. The number of aliphatic hydroxyl groups excluding tert-OH is 1. The Morgan fingerprint density at radius 2 is 2.07 bits per heavy atom. The lowest BCUT2D eigenvalue weighted by atomic mass is 10.1. The molecule has 0 unspecified atom stereocenters. The van der Waals surface area contributed by atoms with Crippen LogP contribution in [0.2, 0.25) is 0 Å². The minimum atomic E-state index is 0.00512. The third kappa shape index (κ3) is 3.38. The van der Waals surface area contributed by atoms with Crippen molar-refractivity contribution in [1.29, 1.82) is 0 Å². The van der Waals surface area contributed by atoms with E-state index in [-0.39, 0.29) is 12.6 Å². The van der Waals surface area contributed by atoms with Gasteiger partial charge in [-0.2, -0.15) is 0 Å². The lowest BCUT2D eigenvalue weighted by Crippen LogP contribution is -2.29. The molecule has 1 heterocycles. The summed E-state index contributed by atoms with van der Waals surface area (Å²) < 4.78 is 0. The molecule has 0 aliphatic carbocycles. The van der Waals surface area contributed by atoms with Crippen LogP contribution in [0.1, 0.15) is 13.8 Å². The molecule has 5 nitrogen and oxygen atoms in total. The van der Waals surface area contributed by atoms with Crippen molar-refractivity contribution in [3.63, 3.8) is 0 Å². The van der Waals surface area contributed by atoms with Crippen LogP contribution in [0.4, 0.5) is 11.6 Å². The minimum Gasteiger partial charge on any atom is -0.394 e. The topological polar surface area (TPSA) is 83.2 Å². The quantitative estimate of drug-likeness (QED) is 0.427. The van der Waals surface area contributed by atoms with E-state index in [0.717, 1.165) is 0 Å². The van der Waals surface area contributed by atoms with Gasteiger partial charge in [-0.25, -0.2) is 10.8 Å². The van der Waals surface area contributed by atoms with Crippen molar-refractivity contribution >= 4 is 11.6 Å². The number of aromatic nitrogens is 1. The summed E-state index contributed by atoms with van der Waals surface area (Å²) in [6, 6.07) is 5.46. The number of hydrogen-bond donors (Lipinski definition) is 4. The predicted molar refractivity (Wildman–Crippen MR) is 61.4 cm³/mol. The van der Waals surface area contributed by atoms with Gasteiger partial charge in [0.25, 0.3) is 0 Å². The Labute approximate surface area is 89.7 Å². The van der Waals surface area contributed by atoms with Crippen LogP contribution in [0.25, 0.3) is 0 Å². The molecule has 0 amide bonds. The minimum absolute atomic E-state index is 0.00512. The van der Waals surface area contributed by atoms with Crippen LogP contribution >= 0.6 is 0 Å². The average Bonchev–Trinajstić information content (AvgIpc) is 2.25. The first-order valence-electron chi connectivity index (χ1n) is 4.98. The van der Waals surface area contributed by atoms with E-state index in [9.17, 15) is 0 Å². The summed E-state index contributed by atoms with van der Waals surface area (Å²) in [5, 5.41) is 12.3. The molecule has 1 aromatic heterocycles. The van der Waals surface area contributed by atoms with E-state index in [1.165, 1.54) is 0 Å². The zero-order valence-electron chi connectivity index (χ0n) is 9.07. The van der Waals surface area contributed by atoms with Crippen molar-refractivity contribution in [2.75, 3.05) is 17.3 Å². The Hall–Kier alpha value is -1.33. The molecule has 84 valence electrons. The molecule has 0 aliphatic rings. The number of rotatable bonds is 5. The highest BCUT2D eigenvalue weighted by Gasteiger charge is 2.12. The second-order valence-corrected chi connectivity index (χ2v) is 3.73. The highest BCUT2D eigenvalue weighted by molar-refractivity contribution is 5.44. The number of aliphatic hydroxyl groups is 1. The van der Waals surface area contributed by atoms with Gasteiger partial charge in [0.2, 0.25) is 0 Å². The van der Waals surface area contributed by atoms with E-state index in [1.54, 1.807) is 6.07 Å². The molecule has 1 aromatic rings. The molecule has 0 radical (unpaired) electrons. The molecule has 15 heavy (non-hydrogen) atoms. The molecule has 0 saturated heterocycles. The number of nitrogens with two attached hydrogens (primary N) is 1. The number of nitrogens with zero attached hydrogens (tertiary/aromatic N) is 1. The first kappa shape index (κ1) is 11.7. The van der Waals surface area contributed by atoms with Crippen LogP contribution in [0, 0.1) is 5.92 Å². The van der Waals surface area contributed by atoms with Crippen molar-refractivity contribution in [1.82, 2.24) is 4.98 Å². The smallest absolute Gasteiger partial charge is 0.142 e. The molecule has 0 saturated carbocycles. The largest absolute Gasteiger partial charge is 0.394 e. The second kappa shape index (κ2) is 5.53. The molecule has 0 bridgehead atoms. The van der Waals surface area contributed by atoms with Gasteiger partial charge in [-0.3, -0.25) is 0 Å². The maximum atomic E-state index is 9.15. The highest BCUT2D eigenvalue weighted by atomic mass is 16.3. The number of nitrogens with one attached hydrogen (secondary N) is 2. The third-order valence-electron chi connectivity index (χ3n) is 2.23. The van der Waals surface area contributed by atoms with Gasteiger partial charge in [-0.15, -0.1) is 0 Å². The number of anilines is 2. The van der Waals surface area contributed by atoms with E-state index >= 15 is 0 Å². The van der Waals surface area contributed by atoms with Gasteiger partial charge in [0.05, 0.1) is 12.6 Å².